The van der Waals surface area contributed by atoms with Crippen LogP contribution >= 0.6 is 24.0 Å². The van der Waals surface area contributed by atoms with Crippen LogP contribution in [0.25, 0.3) is 0 Å². The van der Waals surface area contributed by atoms with E-state index in [0.717, 1.165) is 63.4 Å². The first-order valence-electron chi connectivity index (χ1n) is 10.8. The maximum Gasteiger partial charge on any atom is 0.225 e. The van der Waals surface area contributed by atoms with Crippen molar-refractivity contribution in [2.24, 2.45) is 4.99 Å². The van der Waals surface area contributed by atoms with E-state index in [1.807, 2.05) is 6.07 Å². The number of aliphatic imine (C=N–C) groups is 1. The number of nitrogens with one attached hydrogen (secondary N) is 1. The lowest BCUT2D eigenvalue weighted by atomic mass is 10.2. The van der Waals surface area contributed by atoms with Crippen LogP contribution in [0.4, 0.5) is 5.95 Å². The summed E-state index contributed by atoms with van der Waals surface area (Å²) in [6.45, 7) is 7.29. The Labute approximate surface area is 195 Å². The molecule has 0 unspecified atom stereocenters. The van der Waals surface area contributed by atoms with E-state index in [-0.39, 0.29) is 24.0 Å². The van der Waals surface area contributed by atoms with Crippen LogP contribution in [0.5, 0.6) is 0 Å². The maximum atomic E-state index is 4.96. The van der Waals surface area contributed by atoms with Gasteiger partial charge in [-0.25, -0.2) is 9.97 Å². The number of aromatic nitrogens is 5. The Balaban J connectivity index is 0.00000256. The van der Waals surface area contributed by atoms with E-state index in [1.54, 1.807) is 18.7 Å². The monoisotopic (exact) mass is 525 g/mol. The molecule has 2 aliphatic rings. The molecule has 1 N–H and O–H groups in total. The molecule has 164 valence electrons. The molecule has 1 aliphatic carbocycles. The Hall–Kier alpha value is -1.98. The van der Waals surface area contributed by atoms with E-state index >= 15 is 0 Å². The minimum absolute atomic E-state index is 0. The van der Waals surface area contributed by atoms with Crippen LogP contribution in [0.2, 0.25) is 0 Å². The molecule has 0 atom stereocenters. The highest BCUT2D eigenvalue weighted by Gasteiger charge is 2.24. The summed E-state index contributed by atoms with van der Waals surface area (Å²) in [6, 6.07) is 2.40. The minimum atomic E-state index is 0. The summed E-state index contributed by atoms with van der Waals surface area (Å²) < 4.78 is 2.10. The third kappa shape index (κ3) is 5.79. The zero-order valence-electron chi connectivity index (χ0n) is 17.7. The summed E-state index contributed by atoms with van der Waals surface area (Å²) in [6.07, 6.45) is 11.4. The normalized spacial score (nSPS) is 17.8. The second-order valence-electron chi connectivity index (χ2n) is 7.65. The average Bonchev–Trinajstić information content (AvgIpc) is 3.45. The molecule has 3 heterocycles. The van der Waals surface area contributed by atoms with E-state index in [2.05, 4.69) is 46.8 Å². The summed E-state index contributed by atoms with van der Waals surface area (Å²) >= 11 is 0. The van der Waals surface area contributed by atoms with Gasteiger partial charge in [0.1, 0.15) is 12.2 Å². The molecule has 2 aromatic heterocycles. The average molecular weight is 525 g/mol. The van der Waals surface area contributed by atoms with E-state index in [0.29, 0.717) is 6.04 Å². The quantitative estimate of drug-likeness (QED) is 0.351. The molecule has 0 radical (unpaired) electrons. The van der Waals surface area contributed by atoms with Gasteiger partial charge in [-0.05, 0) is 18.9 Å². The van der Waals surface area contributed by atoms with Gasteiger partial charge in [0.25, 0.3) is 0 Å². The molecule has 2 aromatic rings. The number of nitrogens with zero attached hydrogens (tertiary/aromatic N) is 8. The van der Waals surface area contributed by atoms with E-state index in [4.69, 9.17) is 4.99 Å². The Morgan fingerprint density at radius 1 is 1.13 bits per heavy atom. The lowest BCUT2D eigenvalue weighted by Crippen LogP contribution is -2.54. The number of anilines is 1. The molecule has 4 rings (SSSR count). The summed E-state index contributed by atoms with van der Waals surface area (Å²) in [4.78, 5) is 18.4. The molecule has 0 bridgehead atoms. The van der Waals surface area contributed by atoms with Gasteiger partial charge in [-0.3, -0.25) is 4.99 Å². The largest absolute Gasteiger partial charge is 0.354 e. The van der Waals surface area contributed by atoms with E-state index in [9.17, 15) is 0 Å². The first-order chi connectivity index (χ1) is 14.3. The standard InChI is InChI=1S/C20H31N9.HI/c1-2-18-26-24-16-29(18)11-10-23-20(25-17-6-3-4-7-17)28-14-12-27(13-15-28)19-21-8-5-9-22-19;/h5,8-9,16-17H,2-4,6-7,10-15H2,1H3,(H,23,25);1H. The van der Waals surface area contributed by atoms with Crippen LogP contribution in [-0.2, 0) is 13.0 Å². The van der Waals surface area contributed by atoms with Gasteiger partial charge >= 0.3 is 0 Å². The number of halogens is 1. The fraction of sp³-hybridized carbons (Fsp3) is 0.650. The predicted molar refractivity (Wildman–Crippen MR) is 128 cm³/mol. The Bertz CT molecular complexity index is 781. The number of aryl methyl sites for hydroxylation is 1. The molecular formula is C20H32IN9. The second-order valence-corrected chi connectivity index (χ2v) is 7.65. The maximum absolute atomic E-state index is 4.96. The molecule has 0 amide bonds. The summed E-state index contributed by atoms with van der Waals surface area (Å²) in [5, 5.41) is 11.9. The van der Waals surface area contributed by atoms with Gasteiger partial charge in [-0.1, -0.05) is 19.8 Å². The van der Waals surface area contributed by atoms with Crippen molar-refractivity contribution < 1.29 is 0 Å². The van der Waals surface area contributed by atoms with Crippen LogP contribution in [0.15, 0.2) is 29.8 Å². The molecule has 10 heteroatoms. The van der Waals surface area contributed by atoms with Crippen LogP contribution in [0.3, 0.4) is 0 Å². The summed E-state index contributed by atoms with van der Waals surface area (Å²) in [7, 11) is 0. The fourth-order valence-corrected chi connectivity index (χ4v) is 4.07. The Morgan fingerprint density at radius 2 is 1.87 bits per heavy atom. The highest BCUT2D eigenvalue weighted by Crippen LogP contribution is 2.18. The molecular weight excluding hydrogens is 493 g/mol. The van der Waals surface area contributed by atoms with Gasteiger partial charge in [0, 0.05) is 57.6 Å². The number of guanidine groups is 1. The molecule has 1 aliphatic heterocycles. The van der Waals surface area contributed by atoms with Crippen molar-refractivity contribution >= 4 is 35.9 Å². The molecule has 9 nitrogen and oxygen atoms in total. The highest BCUT2D eigenvalue weighted by atomic mass is 127. The van der Waals surface area contributed by atoms with Crippen molar-refractivity contribution in [1.82, 2.24) is 34.9 Å². The third-order valence-electron chi connectivity index (χ3n) is 5.72. The van der Waals surface area contributed by atoms with Crippen molar-refractivity contribution in [2.75, 3.05) is 37.6 Å². The smallest absolute Gasteiger partial charge is 0.225 e. The van der Waals surface area contributed by atoms with Crippen molar-refractivity contribution in [3.8, 4) is 0 Å². The van der Waals surface area contributed by atoms with Crippen LogP contribution < -0.4 is 10.2 Å². The van der Waals surface area contributed by atoms with Crippen LogP contribution in [0.1, 0.15) is 38.4 Å². The highest BCUT2D eigenvalue weighted by molar-refractivity contribution is 14.0. The summed E-state index contributed by atoms with van der Waals surface area (Å²) in [5.41, 5.74) is 0. The van der Waals surface area contributed by atoms with Gasteiger partial charge in [-0.15, -0.1) is 34.2 Å². The van der Waals surface area contributed by atoms with Crippen LogP contribution in [-0.4, -0.2) is 74.4 Å². The zero-order valence-corrected chi connectivity index (χ0v) is 20.0. The number of hydrogen-bond donors (Lipinski definition) is 1. The third-order valence-corrected chi connectivity index (χ3v) is 5.72. The topological polar surface area (TPSA) is 87.4 Å². The molecule has 2 fully saturated rings. The first-order valence-corrected chi connectivity index (χ1v) is 10.8. The Kier molecular flexibility index (Phi) is 8.64. The molecule has 1 saturated heterocycles. The van der Waals surface area contributed by atoms with Gasteiger partial charge in [0.2, 0.25) is 5.95 Å². The lowest BCUT2D eigenvalue weighted by Gasteiger charge is -2.37. The fourth-order valence-electron chi connectivity index (χ4n) is 4.07. The molecule has 1 saturated carbocycles. The molecule has 0 spiro atoms. The van der Waals surface area contributed by atoms with Crippen molar-refractivity contribution in [2.45, 2.75) is 51.6 Å². The predicted octanol–water partition coefficient (Wildman–Crippen LogP) is 1.96. The molecule has 30 heavy (non-hydrogen) atoms. The van der Waals surface area contributed by atoms with Gasteiger partial charge in [0.15, 0.2) is 5.96 Å². The Morgan fingerprint density at radius 3 is 2.57 bits per heavy atom. The van der Waals surface area contributed by atoms with E-state index < -0.39 is 0 Å². The van der Waals surface area contributed by atoms with Crippen molar-refractivity contribution in [3.05, 3.63) is 30.6 Å². The van der Waals surface area contributed by atoms with Gasteiger partial charge < -0.3 is 19.7 Å². The second kappa shape index (κ2) is 11.4. The number of piperazine rings is 1. The molecule has 0 aromatic carbocycles. The minimum Gasteiger partial charge on any atom is -0.354 e. The van der Waals surface area contributed by atoms with E-state index in [1.165, 1.54) is 25.7 Å². The first kappa shape index (κ1) is 22.7. The van der Waals surface area contributed by atoms with Crippen molar-refractivity contribution in [3.63, 3.8) is 0 Å². The SMILES string of the molecule is CCc1nncn1CCN=C(NC1CCCC1)N1CCN(c2ncccn2)CC1.I. The number of hydrogen-bond acceptors (Lipinski definition) is 6. The zero-order chi connectivity index (χ0) is 19.9. The van der Waals surface area contributed by atoms with Gasteiger partial charge in [0.05, 0.1) is 6.54 Å². The van der Waals surface area contributed by atoms with Crippen LogP contribution in [0, 0.1) is 0 Å². The lowest BCUT2D eigenvalue weighted by molar-refractivity contribution is 0.362. The van der Waals surface area contributed by atoms with Gasteiger partial charge in [-0.2, -0.15) is 0 Å². The summed E-state index contributed by atoms with van der Waals surface area (Å²) in [5.74, 6) is 2.87. The number of rotatable bonds is 6. The van der Waals surface area contributed by atoms with Crippen molar-refractivity contribution in [1.29, 1.82) is 0 Å².